The first kappa shape index (κ1) is 7.98. The van der Waals surface area contributed by atoms with Crippen LogP contribution in [0, 0.1) is 6.92 Å². The molecule has 3 nitrogen and oxygen atoms in total. The van der Waals surface area contributed by atoms with Gasteiger partial charge in [-0.05, 0) is 6.92 Å². The molecule has 0 unspecified atom stereocenters. The van der Waals surface area contributed by atoms with Crippen molar-refractivity contribution < 1.29 is 0 Å². The smallest absolute Gasteiger partial charge is 0.203 e. The van der Waals surface area contributed by atoms with Crippen molar-refractivity contribution in [3.05, 3.63) is 27.7 Å². The summed E-state index contributed by atoms with van der Waals surface area (Å²) in [7, 11) is 0. The van der Waals surface area contributed by atoms with Crippen LogP contribution < -0.4 is 5.43 Å². The zero-order valence-electron chi connectivity index (χ0n) is 7.01. The second-order valence-electron chi connectivity index (χ2n) is 2.96. The summed E-state index contributed by atoms with van der Waals surface area (Å²) in [4.78, 5) is 11.2. The maximum Gasteiger partial charge on any atom is 0.203 e. The van der Waals surface area contributed by atoms with E-state index in [0.717, 1.165) is 5.69 Å². The Bertz CT molecular complexity index is 301. The van der Waals surface area contributed by atoms with Gasteiger partial charge in [0.25, 0.3) is 0 Å². The first-order chi connectivity index (χ1) is 5.11. The third kappa shape index (κ3) is 1.67. The lowest BCUT2D eigenvalue weighted by molar-refractivity contribution is 0.765. The standard InChI is InChI=1S/C8H12N2O/c1-5(2)8-7(11)4-6(3)9-10-8/h4-5H,1-3H3,(H,9,11). The number of rotatable bonds is 1. The Morgan fingerprint density at radius 2 is 2.18 bits per heavy atom. The van der Waals surface area contributed by atoms with E-state index in [0.29, 0.717) is 5.69 Å². The lowest BCUT2D eigenvalue weighted by Crippen LogP contribution is -2.13. The van der Waals surface area contributed by atoms with Crippen molar-refractivity contribution in [2.24, 2.45) is 0 Å². The van der Waals surface area contributed by atoms with Gasteiger partial charge in [-0.25, -0.2) is 0 Å². The van der Waals surface area contributed by atoms with Crippen LogP contribution in [0.1, 0.15) is 31.2 Å². The van der Waals surface area contributed by atoms with E-state index in [-0.39, 0.29) is 11.3 Å². The molecule has 1 heterocycles. The third-order valence-electron chi connectivity index (χ3n) is 1.50. The van der Waals surface area contributed by atoms with E-state index < -0.39 is 0 Å². The van der Waals surface area contributed by atoms with E-state index in [2.05, 4.69) is 10.2 Å². The Labute approximate surface area is 65.5 Å². The average molecular weight is 152 g/mol. The minimum absolute atomic E-state index is 0.0243. The summed E-state index contributed by atoms with van der Waals surface area (Å²) >= 11 is 0. The molecule has 1 rings (SSSR count). The highest BCUT2D eigenvalue weighted by molar-refractivity contribution is 5.08. The van der Waals surface area contributed by atoms with Crippen LogP contribution in [0.15, 0.2) is 10.9 Å². The number of aryl methyl sites for hydroxylation is 1. The topological polar surface area (TPSA) is 45.8 Å². The molecule has 0 spiro atoms. The number of aromatic nitrogens is 2. The second kappa shape index (κ2) is 2.86. The Balaban J connectivity index is 3.21. The molecular weight excluding hydrogens is 140 g/mol. The molecular formula is C8H12N2O. The zero-order valence-corrected chi connectivity index (χ0v) is 7.01. The molecule has 0 fully saturated rings. The van der Waals surface area contributed by atoms with E-state index in [9.17, 15) is 4.79 Å². The molecule has 0 radical (unpaired) electrons. The molecule has 1 aromatic heterocycles. The summed E-state index contributed by atoms with van der Waals surface area (Å²) < 4.78 is 0. The summed E-state index contributed by atoms with van der Waals surface area (Å²) in [6.07, 6.45) is 0. The Morgan fingerprint density at radius 1 is 1.55 bits per heavy atom. The molecule has 0 saturated carbocycles. The lowest BCUT2D eigenvalue weighted by atomic mass is 10.1. The summed E-state index contributed by atoms with van der Waals surface area (Å²) in [6.45, 7) is 5.72. The van der Waals surface area contributed by atoms with Crippen LogP contribution >= 0.6 is 0 Å². The van der Waals surface area contributed by atoms with E-state index in [1.807, 2.05) is 20.8 Å². The van der Waals surface area contributed by atoms with Crippen molar-refractivity contribution in [2.75, 3.05) is 0 Å². The molecule has 0 aromatic carbocycles. The predicted molar refractivity (Wildman–Crippen MR) is 43.7 cm³/mol. The van der Waals surface area contributed by atoms with Crippen molar-refractivity contribution in [3.63, 3.8) is 0 Å². The molecule has 1 N–H and O–H groups in total. The van der Waals surface area contributed by atoms with Crippen LogP contribution in [0.3, 0.4) is 0 Å². The zero-order chi connectivity index (χ0) is 8.43. The van der Waals surface area contributed by atoms with Gasteiger partial charge in [0.05, 0.1) is 0 Å². The van der Waals surface area contributed by atoms with Crippen LogP contribution in [0.4, 0.5) is 0 Å². The van der Waals surface area contributed by atoms with Crippen molar-refractivity contribution >= 4 is 0 Å². The number of hydrogen-bond acceptors (Lipinski definition) is 2. The third-order valence-corrected chi connectivity index (χ3v) is 1.50. The molecule has 0 aliphatic rings. The highest BCUT2D eigenvalue weighted by atomic mass is 16.1. The van der Waals surface area contributed by atoms with Gasteiger partial charge < -0.3 is 0 Å². The minimum atomic E-state index is 0.0243. The molecule has 0 amide bonds. The van der Waals surface area contributed by atoms with Crippen LogP contribution in [0.2, 0.25) is 0 Å². The fourth-order valence-corrected chi connectivity index (χ4v) is 0.920. The van der Waals surface area contributed by atoms with E-state index in [4.69, 9.17) is 0 Å². The molecule has 0 saturated heterocycles. The Hall–Kier alpha value is -1.12. The normalized spacial score (nSPS) is 10.5. The largest absolute Gasteiger partial charge is 0.288 e. The van der Waals surface area contributed by atoms with Crippen LogP contribution in [0.25, 0.3) is 0 Å². The van der Waals surface area contributed by atoms with E-state index >= 15 is 0 Å². The van der Waals surface area contributed by atoms with Crippen molar-refractivity contribution in [2.45, 2.75) is 26.7 Å². The van der Waals surface area contributed by atoms with Gasteiger partial charge in [-0.2, -0.15) is 5.10 Å². The van der Waals surface area contributed by atoms with Gasteiger partial charge in [-0.1, -0.05) is 13.8 Å². The fourth-order valence-electron chi connectivity index (χ4n) is 0.920. The Morgan fingerprint density at radius 3 is 2.64 bits per heavy atom. The average Bonchev–Trinajstić information content (AvgIpc) is 1.85. The molecule has 1 aromatic rings. The summed E-state index contributed by atoms with van der Waals surface area (Å²) in [5.74, 6) is 0.194. The predicted octanol–water partition coefficient (Wildman–Crippen LogP) is 1.20. The molecule has 0 aliphatic heterocycles. The van der Waals surface area contributed by atoms with Gasteiger partial charge in [-0.3, -0.25) is 9.89 Å². The number of H-pyrrole nitrogens is 1. The van der Waals surface area contributed by atoms with Gasteiger partial charge in [0.15, 0.2) is 0 Å². The fraction of sp³-hybridized carbons (Fsp3) is 0.500. The summed E-state index contributed by atoms with van der Waals surface area (Å²) in [6, 6.07) is 1.57. The number of nitrogens with zero attached hydrogens (tertiary/aromatic N) is 1. The second-order valence-corrected chi connectivity index (χ2v) is 2.96. The van der Waals surface area contributed by atoms with Gasteiger partial charge in [0.2, 0.25) is 5.43 Å². The maximum absolute atomic E-state index is 11.2. The summed E-state index contributed by atoms with van der Waals surface area (Å²) in [5, 5.41) is 6.71. The van der Waals surface area contributed by atoms with Crippen LogP contribution in [-0.2, 0) is 0 Å². The monoisotopic (exact) mass is 152 g/mol. The first-order valence-corrected chi connectivity index (χ1v) is 3.67. The van der Waals surface area contributed by atoms with Crippen LogP contribution in [-0.4, -0.2) is 10.2 Å². The van der Waals surface area contributed by atoms with Gasteiger partial charge in [0, 0.05) is 17.7 Å². The van der Waals surface area contributed by atoms with Crippen molar-refractivity contribution in [3.8, 4) is 0 Å². The van der Waals surface area contributed by atoms with Gasteiger partial charge in [0.1, 0.15) is 5.69 Å². The van der Waals surface area contributed by atoms with Crippen LogP contribution in [0.5, 0.6) is 0 Å². The highest BCUT2D eigenvalue weighted by Gasteiger charge is 2.04. The SMILES string of the molecule is Cc1cc(=O)c(C(C)C)n[nH]1. The molecule has 0 bridgehead atoms. The van der Waals surface area contributed by atoms with Gasteiger partial charge >= 0.3 is 0 Å². The van der Waals surface area contributed by atoms with Crippen molar-refractivity contribution in [1.82, 2.24) is 10.2 Å². The first-order valence-electron chi connectivity index (χ1n) is 3.67. The highest BCUT2D eigenvalue weighted by Crippen LogP contribution is 2.03. The van der Waals surface area contributed by atoms with E-state index in [1.54, 1.807) is 6.07 Å². The lowest BCUT2D eigenvalue weighted by Gasteiger charge is -2.01. The van der Waals surface area contributed by atoms with Gasteiger partial charge in [-0.15, -0.1) is 0 Å². The number of hydrogen-bond donors (Lipinski definition) is 1. The Kier molecular flexibility index (Phi) is 2.08. The van der Waals surface area contributed by atoms with E-state index in [1.165, 1.54) is 0 Å². The molecule has 0 atom stereocenters. The quantitative estimate of drug-likeness (QED) is 0.657. The maximum atomic E-state index is 11.2. The molecule has 60 valence electrons. The number of aromatic amines is 1. The molecule has 3 heteroatoms. The molecule has 11 heavy (non-hydrogen) atoms. The van der Waals surface area contributed by atoms with Crippen molar-refractivity contribution in [1.29, 1.82) is 0 Å². The minimum Gasteiger partial charge on any atom is -0.288 e. The molecule has 0 aliphatic carbocycles. The number of nitrogens with one attached hydrogen (secondary N) is 1. The summed E-state index contributed by atoms with van der Waals surface area (Å²) in [5.41, 5.74) is 1.44.